The number of carbonyl (C=O) groups is 3. The van der Waals surface area contributed by atoms with Gasteiger partial charge in [-0.05, 0) is 55.0 Å². The van der Waals surface area contributed by atoms with Crippen molar-refractivity contribution in [1.29, 1.82) is 0 Å². The summed E-state index contributed by atoms with van der Waals surface area (Å²) in [5, 5.41) is 3.31. The molecule has 1 amide bonds. The van der Waals surface area contributed by atoms with Gasteiger partial charge >= 0.3 is 5.97 Å². The van der Waals surface area contributed by atoms with Crippen molar-refractivity contribution < 1.29 is 23.5 Å². The quantitative estimate of drug-likeness (QED) is 0.291. The average Bonchev–Trinajstić information content (AvgIpc) is 3.31. The van der Waals surface area contributed by atoms with E-state index in [1.807, 2.05) is 12.1 Å². The van der Waals surface area contributed by atoms with Crippen molar-refractivity contribution >= 4 is 39.9 Å². The van der Waals surface area contributed by atoms with Crippen molar-refractivity contribution in [2.75, 3.05) is 13.2 Å². The van der Waals surface area contributed by atoms with Crippen molar-refractivity contribution in [3.05, 3.63) is 87.9 Å². The lowest BCUT2D eigenvalue weighted by molar-refractivity contribution is -0.118. The van der Waals surface area contributed by atoms with Gasteiger partial charge in [-0.1, -0.05) is 18.2 Å². The number of hydrogen-bond acceptors (Lipinski definition) is 6. The molecule has 2 heterocycles. The minimum Gasteiger partial charge on any atom is -0.454 e. The summed E-state index contributed by atoms with van der Waals surface area (Å²) in [6.45, 7) is 1.54. The first kappa shape index (κ1) is 23.3. The number of fused-ring (bicyclic) bond motifs is 1. The smallest absolute Gasteiger partial charge is 0.339 e. The molecular weight excluding hydrogens is 455 g/mol. The number of halogens is 1. The molecule has 0 aliphatic rings. The highest BCUT2D eigenvalue weighted by atomic mass is 32.1. The molecule has 0 spiro atoms. The molecule has 6 nitrogen and oxygen atoms in total. The van der Waals surface area contributed by atoms with Gasteiger partial charge in [-0.2, -0.15) is 0 Å². The maximum absolute atomic E-state index is 13.3. The number of hydrogen-bond donors (Lipinski definition) is 1. The molecule has 8 heteroatoms. The number of esters is 1. The van der Waals surface area contributed by atoms with Crippen LogP contribution in [0.25, 0.3) is 22.2 Å². The Labute approximate surface area is 199 Å². The third-order valence-electron chi connectivity index (χ3n) is 5.09. The van der Waals surface area contributed by atoms with Crippen molar-refractivity contribution in [2.45, 2.75) is 13.3 Å². The van der Waals surface area contributed by atoms with E-state index in [0.29, 0.717) is 40.0 Å². The molecule has 34 heavy (non-hydrogen) atoms. The molecule has 2 aromatic carbocycles. The zero-order chi connectivity index (χ0) is 24.1. The van der Waals surface area contributed by atoms with E-state index >= 15 is 0 Å². The van der Waals surface area contributed by atoms with Crippen molar-refractivity contribution in [3.63, 3.8) is 0 Å². The molecule has 4 rings (SSSR count). The minimum absolute atomic E-state index is 0.106. The standard InChI is InChI=1S/C26H21FN2O4S/c1-16(30)28-13-12-19-10-11-25(34-19)24(31)15-33-26(32)21-14-23(17-6-8-18(27)9-7-17)29-22-5-3-2-4-20(21)22/h2-11,14H,12-13,15H2,1H3,(H,28,30). The largest absolute Gasteiger partial charge is 0.454 e. The van der Waals surface area contributed by atoms with Gasteiger partial charge in [-0.25, -0.2) is 14.2 Å². The summed E-state index contributed by atoms with van der Waals surface area (Å²) >= 11 is 1.31. The topological polar surface area (TPSA) is 85.4 Å². The molecule has 2 aromatic heterocycles. The number of benzene rings is 2. The number of thiophene rings is 1. The van der Waals surface area contributed by atoms with Crippen LogP contribution in [0.4, 0.5) is 4.39 Å². The van der Waals surface area contributed by atoms with E-state index in [0.717, 1.165) is 4.88 Å². The molecule has 172 valence electrons. The number of pyridine rings is 1. The zero-order valence-electron chi connectivity index (χ0n) is 18.3. The lowest BCUT2D eigenvalue weighted by atomic mass is 10.0. The normalized spacial score (nSPS) is 10.8. The third kappa shape index (κ3) is 5.52. The van der Waals surface area contributed by atoms with Crippen LogP contribution in [-0.2, 0) is 16.0 Å². The Bertz CT molecular complexity index is 1370. The SMILES string of the molecule is CC(=O)NCCc1ccc(C(=O)COC(=O)c2cc(-c3ccc(F)cc3)nc3ccccc23)s1. The second-order valence-corrected chi connectivity index (χ2v) is 8.75. The van der Waals surface area contributed by atoms with Crippen molar-refractivity contribution in [3.8, 4) is 11.3 Å². The number of ether oxygens (including phenoxy) is 1. The van der Waals surface area contributed by atoms with Gasteiger partial charge in [-0.15, -0.1) is 11.3 Å². The summed E-state index contributed by atoms with van der Waals surface area (Å²) in [6.07, 6.45) is 0.618. The van der Waals surface area contributed by atoms with E-state index in [9.17, 15) is 18.8 Å². The summed E-state index contributed by atoms with van der Waals surface area (Å²) < 4.78 is 18.7. The molecule has 0 saturated heterocycles. The van der Waals surface area contributed by atoms with E-state index in [2.05, 4.69) is 10.3 Å². The van der Waals surface area contributed by atoms with E-state index in [1.54, 1.807) is 42.5 Å². The van der Waals surface area contributed by atoms with E-state index < -0.39 is 12.6 Å². The highest BCUT2D eigenvalue weighted by molar-refractivity contribution is 7.14. The maximum atomic E-state index is 13.3. The van der Waals surface area contributed by atoms with Crippen LogP contribution in [0.3, 0.4) is 0 Å². The van der Waals surface area contributed by atoms with E-state index in [4.69, 9.17) is 4.74 Å². The van der Waals surface area contributed by atoms with Crippen molar-refractivity contribution in [1.82, 2.24) is 10.3 Å². The third-order valence-corrected chi connectivity index (χ3v) is 6.28. The van der Waals surface area contributed by atoms with Gasteiger partial charge in [0.2, 0.25) is 11.7 Å². The van der Waals surface area contributed by atoms with Crippen molar-refractivity contribution in [2.24, 2.45) is 0 Å². The van der Waals surface area contributed by atoms with Crippen LogP contribution in [0.15, 0.2) is 66.7 Å². The molecule has 0 aliphatic heterocycles. The number of nitrogens with one attached hydrogen (secondary N) is 1. The molecule has 0 saturated carbocycles. The number of aromatic nitrogens is 1. The molecule has 4 aromatic rings. The second-order valence-electron chi connectivity index (χ2n) is 7.58. The molecule has 0 fully saturated rings. The minimum atomic E-state index is -0.641. The second kappa shape index (κ2) is 10.4. The Hall–Kier alpha value is -3.91. The number of nitrogens with zero attached hydrogens (tertiary/aromatic N) is 1. The maximum Gasteiger partial charge on any atom is 0.339 e. The lowest BCUT2D eigenvalue weighted by Gasteiger charge is -2.10. The van der Waals surface area contributed by atoms with Crippen LogP contribution in [0.1, 0.15) is 31.8 Å². The van der Waals surface area contributed by atoms with Crippen LogP contribution in [-0.4, -0.2) is 35.8 Å². The van der Waals surface area contributed by atoms with Crippen LogP contribution < -0.4 is 5.32 Å². The molecule has 1 N–H and O–H groups in total. The Morgan fingerprint density at radius 1 is 1.03 bits per heavy atom. The van der Waals surface area contributed by atoms with Crippen LogP contribution >= 0.6 is 11.3 Å². The Morgan fingerprint density at radius 3 is 2.56 bits per heavy atom. The fourth-order valence-electron chi connectivity index (χ4n) is 3.42. The van der Waals surface area contributed by atoms with Crippen LogP contribution in [0.5, 0.6) is 0 Å². The summed E-state index contributed by atoms with van der Waals surface area (Å²) in [7, 11) is 0. The number of amides is 1. The van der Waals surface area contributed by atoms with Crippen LogP contribution in [0, 0.1) is 5.82 Å². The van der Waals surface area contributed by atoms with Gasteiger partial charge in [0.1, 0.15) is 5.82 Å². The summed E-state index contributed by atoms with van der Waals surface area (Å²) in [5.74, 6) is -1.42. The van der Waals surface area contributed by atoms with E-state index in [-0.39, 0.29) is 23.1 Å². The highest BCUT2D eigenvalue weighted by Gasteiger charge is 2.18. The van der Waals surface area contributed by atoms with Gasteiger partial charge in [0.05, 0.1) is 21.7 Å². The number of carbonyl (C=O) groups excluding carboxylic acids is 3. The fourth-order valence-corrected chi connectivity index (χ4v) is 4.35. The molecule has 0 radical (unpaired) electrons. The Morgan fingerprint density at radius 2 is 1.79 bits per heavy atom. The van der Waals surface area contributed by atoms with Gasteiger partial charge in [0.15, 0.2) is 6.61 Å². The molecule has 0 aliphatic carbocycles. The number of ketones is 1. The van der Waals surface area contributed by atoms with E-state index in [1.165, 1.54) is 30.4 Å². The predicted molar refractivity (Wildman–Crippen MR) is 128 cm³/mol. The van der Waals surface area contributed by atoms with Gasteiger partial charge in [0, 0.05) is 29.3 Å². The lowest BCUT2D eigenvalue weighted by Crippen LogP contribution is -2.22. The Balaban J connectivity index is 1.49. The van der Waals surface area contributed by atoms with Crippen LogP contribution in [0.2, 0.25) is 0 Å². The average molecular weight is 477 g/mol. The first-order valence-corrected chi connectivity index (χ1v) is 11.4. The number of rotatable bonds is 8. The zero-order valence-corrected chi connectivity index (χ0v) is 19.2. The Kier molecular flexibility index (Phi) is 7.08. The monoisotopic (exact) mass is 476 g/mol. The van der Waals surface area contributed by atoms with Gasteiger partial charge in [-0.3, -0.25) is 9.59 Å². The highest BCUT2D eigenvalue weighted by Crippen LogP contribution is 2.26. The predicted octanol–water partition coefficient (Wildman–Crippen LogP) is 4.82. The van der Waals surface area contributed by atoms with Gasteiger partial charge in [0.25, 0.3) is 0 Å². The first-order chi connectivity index (χ1) is 16.4. The summed E-state index contributed by atoms with van der Waals surface area (Å²) in [5.41, 5.74) is 2.02. The molecule has 0 atom stereocenters. The fraction of sp³-hybridized carbons (Fsp3) is 0.154. The summed E-state index contributed by atoms with van der Waals surface area (Å²) in [6, 6.07) is 18.1. The number of Topliss-reactive ketones (excluding diaryl/α,β-unsaturated/α-hetero) is 1. The molecular formula is C26H21FN2O4S. The summed E-state index contributed by atoms with van der Waals surface area (Å²) in [4.78, 5) is 42.5. The number of para-hydroxylation sites is 1. The molecule has 0 bridgehead atoms. The first-order valence-electron chi connectivity index (χ1n) is 10.6. The van der Waals surface area contributed by atoms with Gasteiger partial charge < -0.3 is 10.1 Å². The molecule has 0 unspecified atom stereocenters.